The van der Waals surface area contributed by atoms with Crippen LogP contribution in [-0.4, -0.2) is 24.8 Å². The lowest BCUT2D eigenvalue weighted by Gasteiger charge is -2.06. The zero-order chi connectivity index (χ0) is 18.7. The van der Waals surface area contributed by atoms with Gasteiger partial charge in [0.15, 0.2) is 0 Å². The molecule has 0 aromatic rings. The summed E-state index contributed by atoms with van der Waals surface area (Å²) in [6, 6.07) is 0. The Morgan fingerprint density at radius 1 is 0.870 bits per heavy atom. The fraction of sp³-hybridized carbons (Fsp3) is 0.895. The van der Waals surface area contributed by atoms with Crippen molar-refractivity contribution < 1.29 is 9.59 Å². The van der Waals surface area contributed by atoms with Crippen LogP contribution in [0.3, 0.4) is 0 Å². The van der Waals surface area contributed by atoms with E-state index in [4.69, 9.17) is 5.73 Å². The number of carbonyl (C=O) groups excluding carboxylic acids is 2. The van der Waals surface area contributed by atoms with Gasteiger partial charge in [-0.3, -0.25) is 9.59 Å². The van der Waals surface area contributed by atoms with E-state index in [-0.39, 0.29) is 23.5 Å². The Balaban J connectivity index is -0.000000284. The van der Waals surface area contributed by atoms with Gasteiger partial charge in [0.05, 0.1) is 0 Å². The average molecular weight is 331 g/mol. The number of hydrogen-bond acceptors (Lipinski definition) is 3. The van der Waals surface area contributed by atoms with Crippen LogP contribution in [0.5, 0.6) is 0 Å². The second-order valence-corrected chi connectivity index (χ2v) is 6.41. The Kier molecular flexibility index (Phi) is 24.7. The van der Waals surface area contributed by atoms with Crippen molar-refractivity contribution in [3.8, 4) is 0 Å². The molecule has 1 amide bonds. The monoisotopic (exact) mass is 330 g/mol. The highest BCUT2D eigenvalue weighted by atomic mass is 16.1. The molecular weight excluding hydrogens is 288 g/mol. The van der Waals surface area contributed by atoms with Gasteiger partial charge in [-0.15, -0.1) is 0 Å². The van der Waals surface area contributed by atoms with Gasteiger partial charge in [0.25, 0.3) is 0 Å². The first-order valence-corrected chi connectivity index (χ1v) is 9.22. The maximum absolute atomic E-state index is 11.0. The van der Waals surface area contributed by atoms with E-state index < -0.39 is 0 Å². The number of nitrogens with one attached hydrogen (secondary N) is 1. The Morgan fingerprint density at radius 3 is 1.57 bits per heavy atom. The number of amides is 1. The highest BCUT2D eigenvalue weighted by Crippen LogP contribution is 1.94. The van der Waals surface area contributed by atoms with Gasteiger partial charge in [0, 0.05) is 18.4 Å². The number of unbranched alkanes of at least 4 members (excludes halogenated alkanes) is 4. The number of rotatable bonds is 9. The molecule has 23 heavy (non-hydrogen) atoms. The summed E-state index contributed by atoms with van der Waals surface area (Å²) in [6.07, 6.45) is 7.27. The zero-order valence-electron chi connectivity index (χ0n) is 16.7. The molecule has 0 bridgehead atoms. The van der Waals surface area contributed by atoms with E-state index in [0.717, 1.165) is 19.5 Å². The fourth-order valence-electron chi connectivity index (χ4n) is 1.19. The van der Waals surface area contributed by atoms with Gasteiger partial charge < -0.3 is 11.1 Å². The van der Waals surface area contributed by atoms with E-state index in [1.807, 2.05) is 27.7 Å². The molecule has 4 heteroatoms. The predicted octanol–water partition coefficient (Wildman–Crippen LogP) is 4.32. The smallest absolute Gasteiger partial charge is 0.222 e. The van der Waals surface area contributed by atoms with Gasteiger partial charge in [0.2, 0.25) is 5.91 Å². The summed E-state index contributed by atoms with van der Waals surface area (Å²) in [6.45, 7) is 15.2. The SMILES string of the molecule is CC(=O)C(C)C.CCCCCN.CCCCCNC(=O)C(C)C. The van der Waals surface area contributed by atoms with Gasteiger partial charge in [-0.25, -0.2) is 0 Å². The zero-order valence-corrected chi connectivity index (χ0v) is 16.7. The third kappa shape index (κ3) is 29.7. The van der Waals surface area contributed by atoms with E-state index in [9.17, 15) is 9.59 Å². The number of hydrogen-bond donors (Lipinski definition) is 2. The largest absolute Gasteiger partial charge is 0.356 e. The third-order valence-corrected chi connectivity index (χ3v) is 3.22. The van der Waals surface area contributed by atoms with Crippen LogP contribution in [0.25, 0.3) is 0 Å². The summed E-state index contributed by atoms with van der Waals surface area (Å²) in [5.41, 5.74) is 5.21. The molecule has 0 aliphatic rings. The fourth-order valence-corrected chi connectivity index (χ4v) is 1.19. The van der Waals surface area contributed by atoms with Crippen molar-refractivity contribution >= 4 is 11.7 Å². The lowest BCUT2D eigenvalue weighted by atomic mass is 10.1. The van der Waals surface area contributed by atoms with Crippen molar-refractivity contribution in [2.45, 2.75) is 87.0 Å². The molecule has 0 saturated heterocycles. The number of Topliss-reactive ketones (excluding diaryl/α,β-unsaturated/α-hetero) is 1. The minimum atomic E-state index is 0.122. The third-order valence-electron chi connectivity index (χ3n) is 3.22. The molecule has 0 aromatic carbocycles. The van der Waals surface area contributed by atoms with Crippen molar-refractivity contribution in [3.63, 3.8) is 0 Å². The van der Waals surface area contributed by atoms with Gasteiger partial charge in [-0.1, -0.05) is 67.2 Å². The van der Waals surface area contributed by atoms with Gasteiger partial charge in [-0.2, -0.15) is 0 Å². The minimum absolute atomic E-state index is 0.122. The van der Waals surface area contributed by atoms with Gasteiger partial charge in [0.1, 0.15) is 5.78 Å². The van der Waals surface area contributed by atoms with Crippen molar-refractivity contribution in [1.82, 2.24) is 5.32 Å². The molecule has 0 radical (unpaired) electrons. The maximum atomic E-state index is 11.0. The molecule has 0 aliphatic carbocycles. The summed E-state index contributed by atoms with van der Waals surface area (Å²) in [7, 11) is 0. The van der Waals surface area contributed by atoms with Gasteiger partial charge >= 0.3 is 0 Å². The molecule has 0 atom stereocenters. The summed E-state index contributed by atoms with van der Waals surface area (Å²) in [5, 5.41) is 2.88. The summed E-state index contributed by atoms with van der Waals surface area (Å²) < 4.78 is 0. The van der Waals surface area contributed by atoms with Crippen LogP contribution >= 0.6 is 0 Å². The molecular formula is C19H42N2O2. The molecule has 4 nitrogen and oxygen atoms in total. The number of ketones is 1. The Hall–Kier alpha value is -0.900. The van der Waals surface area contributed by atoms with Crippen molar-refractivity contribution in [2.24, 2.45) is 17.6 Å². The Bertz CT molecular complexity index is 260. The average Bonchev–Trinajstić information content (AvgIpc) is 2.50. The van der Waals surface area contributed by atoms with Crippen LogP contribution in [-0.2, 0) is 9.59 Å². The van der Waals surface area contributed by atoms with Crippen LogP contribution < -0.4 is 11.1 Å². The summed E-state index contributed by atoms with van der Waals surface area (Å²) >= 11 is 0. The molecule has 0 fully saturated rings. The summed E-state index contributed by atoms with van der Waals surface area (Å²) in [5.74, 6) is 0.762. The second-order valence-electron chi connectivity index (χ2n) is 6.41. The van der Waals surface area contributed by atoms with E-state index in [2.05, 4.69) is 19.2 Å². The molecule has 0 saturated carbocycles. The lowest BCUT2D eigenvalue weighted by molar-refractivity contribution is -0.124. The maximum Gasteiger partial charge on any atom is 0.222 e. The second kappa shape index (κ2) is 21.1. The lowest BCUT2D eigenvalue weighted by Crippen LogP contribution is -2.28. The van der Waals surface area contributed by atoms with Crippen LogP contribution in [0.15, 0.2) is 0 Å². The van der Waals surface area contributed by atoms with Crippen LogP contribution in [0.1, 0.15) is 87.0 Å². The number of carbonyl (C=O) groups is 2. The van der Waals surface area contributed by atoms with E-state index in [1.165, 1.54) is 32.1 Å². The van der Waals surface area contributed by atoms with Gasteiger partial charge in [-0.05, 0) is 26.3 Å². The topological polar surface area (TPSA) is 72.2 Å². The van der Waals surface area contributed by atoms with Crippen LogP contribution in [0.2, 0.25) is 0 Å². The van der Waals surface area contributed by atoms with E-state index in [0.29, 0.717) is 0 Å². The predicted molar refractivity (Wildman–Crippen MR) is 101 cm³/mol. The first-order chi connectivity index (χ1) is 10.7. The highest BCUT2D eigenvalue weighted by molar-refractivity contribution is 5.77. The van der Waals surface area contributed by atoms with Crippen LogP contribution in [0.4, 0.5) is 0 Å². The molecule has 0 heterocycles. The summed E-state index contributed by atoms with van der Waals surface area (Å²) in [4.78, 5) is 21.1. The Labute approximate surface area is 145 Å². The molecule has 0 aliphatic heterocycles. The van der Waals surface area contributed by atoms with Crippen LogP contribution in [0, 0.1) is 11.8 Å². The van der Waals surface area contributed by atoms with Crippen molar-refractivity contribution in [3.05, 3.63) is 0 Å². The Morgan fingerprint density at radius 2 is 1.30 bits per heavy atom. The van der Waals surface area contributed by atoms with Crippen molar-refractivity contribution in [2.75, 3.05) is 13.1 Å². The first-order valence-electron chi connectivity index (χ1n) is 9.22. The standard InChI is InChI=1S/C9H19NO.C5H13N.C5H10O/c1-4-5-6-7-10-9(11)8(2)3;1-2-3-4-5-6;1-4(2)5(3)6/h8H,4-7H2,1-3H3,(H,10,11);2-6H2,1H3;4H,1-3H3. The molecule has 140 valence electrons. The first kappa shape index (κ1) is 27.0. The number of nitrogens with two attached hydrogens (primary N) is 1. The molecule has 0 spiro atoms. The molecule has 0 aromatic heterocycles. The normalized spacial score (nSPS) is 9.65. The van der Waals surface area contributed by atoms with E-state index >= 15 is 0 Å². The van der Waals surface area contributed by atoms with Crippen molar-refractivity contribution in [1.29, 1.82) is 0 Å². The minimum Gasteiger partial charge on any atom is -0.356 e. The van der Waals surface area contributed by atoms with E-state index in [1.54, 1.807) is 6.92 Å². The molecule has 0 rings (SSSR count). The molecule has 3 N–H and O–H groups in total. The quantitative estimate of drug-likeness (QED) is 0.619. The highest BCUT2D eigenvalue weighted by Gasteiger charge is 2.03. The molecule has 0 unspecified atom stereocenters.